The first-order valence-electron chi connectivity index (χ1n) is 24.2. The largest absolute Gasteiger partial charge is 0.456 e. The van der Waals surface area contributed by atoms with Crippen LogP contribution in [0, 0.1) is 0 Å². The molecule has 0 N–H and O–H groups in total. The maximum Gasteiger partial charge on any atom is 0.135 e. The summed E-state index contributed by atoms with van der Waals surface area (Å²) in [6.45, 7) is 0. The van der Waals surface area contributed by atoms with E-state index in [0.29, 0.717) is 5.92 Å². The van der Waals surface area contributed by atoms with Gasteiger partial charge in [0.2, 0.25) is 0 Å². The van der Waals surface area contributed by atoms with Crippen molar-refractivity contribution in [2.75, 3.05) is 4.90 Å². The number of hydrogen-bond acceptors (Lipinski definition) is 2. The van der Waals surface area contributed by atoms with E-state index in [0.717, 1.165) is 28.4 Å². The molecule has 0 fully saturated rings. The summed E-state index contributed by atoms with van der Waals surface area (Å²) in [4.78, 5) is 2.57. The molecule has 2 aromatic heterocycles. The number of anilines is 2. The molecule has 11 aromatic rings. The van der Waals surface area contributed by atoms with Gasteiger partial charge >= 0.3 is 0 Å². The van der Waals surface area contributed by atoms with Gasteiger partial charge in [0.15, 0.2) is 0 Å². The quantitative estimate of drug-likeness (QED) is 0.159. The van der Waals surface area contributed by atoms with Crippen LogP contribution in [0.15, 0.2) is 253 Å². The predicted molar refractivity (Wildman–Crippen MR) is 289 cm³/mol. The Bertz CT molecular complexity index is 3960. The summed E-state index contributed by atoms with van der Waals surface area (Å²) in [7, 11) is 0. The van der Waals surface area contributed by atoms with Crippen molar-refractivity contribution in [1.82, 2.24) is 4.57 Å². The smallest absolute Gasteiger partial charge is 0.135 e. The average Bonchev–Trinajstić information content (AvgIpc) is 4.08. The highest BCUT2D eigenvalue weighted by molar-refractivity contribution is 6.11. The SMILES string of the molecule is C1=CCC(c2ccc(-c3ccccc3)cc2-n2c3ccccc3c3cc(-c4ccc5c(c4)C4C(c6ccccc6)=CC=CC4N5c4cccc(-c5ccc6oc7ccccc7c6c5)c4)ccc32)C=C1. The van der Waals surface area contributed by atoms with Crippen molar-refractivity contribution in [3.8, 4) is 39.1 Å². The van der Waals surface area contributed by atoms with Crippen LogP contribution < -0.4 is 4.90 Å². The normalized spacial score (nSPS) is 17.2. The number of fused-ring (bicyclic) bond motifs is 9. The lowest BCUT2D eigenvalue weighted by Gasteiger charge is -2.31. The molecule has 0 saturated carbocycles. The summed E-state index contributed by atoms with van der Waals surface area (Å²) in [6, 6.07) is 76.1. The van der Waals surface area contributed by atoms with Crippen LogP contribution in [0.3, 0.4) is 0 Å². The molecule has 0 saturated heterocycles. The maximum absolute atomic E-state index is 6.21. The molecule has 0 radical (unpaired) electrons. The third-order valence-electron chi connectivity index (χ3n) is 14.9. The van der Waals surface area contributed by atoms with Crippen LogP contribution in [0.25, 0.3) is 88.4 Å². The molecule has 2 aliphatic carbocycles. The van der Waals surface area contributed by atoms with Gasteiger partial charge in [0, 0.05) is 44.8 Å². The Kier molecular flexibility index (Phi) is 9.16. The van der Waals surface area contributed by atoms with Crippen LogP contribution in [-0.4, -0.2) is 10.6 Å². The number of allylic oxidation sites excluding steroid dienone is 6. The Morgan fingerprint density at radius 3 is 1.93 bits per heavy atom. The van der Waals surface area contributed by atoms with Crippen molar-refractivity contribution in [1.29, 1.82) is 0 Å². The van der Waals surface area contributed by atoms with Gasteiger partial charge in [-0.2, -0.15) is 0 Å². The van der Waals surface area contributed by atoms with Crippen molar-refractivity contribution in [3.63, 3.8) is 0 Å². The Hall–Kier alpha value is -8.66. The lowest BCUT2D eigenvalue weighted by atomic mass is 9.80. The number of nitrogens with zero attached hydrogens (tertiary/aromatic N) is 2. The van der Waals surface area contributed by atoms with Crippen molar-refractivity contribution in [2.24, 2.45) is 0 Å². The molecule has 3 atom stereocenters. The minimum atomic E-state index is 0.0989. The second kappa shape index (κ2) is 16.0. The van der Waals surface area contributed by atoms with Crippen LogP contribution >= 0.6 is 0 Å². The van der Waals surface area contributed by atoms with E-state index in [1.165, 1.54) is 94.5 Å². The molecule has 3 heteroatoms. The molecule has 14 rings (SSSR count). The Labute approximate surface area is 401 Å². The van der Waals surface area contributed by atoms with Crippen LogP contribution in [-0.2, 0) is 0 Å². The number of hydrogen-bond donors (Lipinski definition) is 0. The second-order valence-corrected chi connectivity index (χ2v) is 18.7. The number of benzene rings is 9. The lowest BCUT2D eigenvalue weighted by molar-refractivity contribution is 0.669. The molecule has 326 valence electrons. The van der Waals surface area contributed by atoms with Crippen molar-refractivity contribution >= 4 is 60.7 Å². The molecule has 9 aromatic carbocycles. The van der Waals surface area contributed by atoms with E-state index in [4.69, 9.17) is 4.42 Å². The van der Waals surface area contributed by atoms with Gasteiger partial charge in [-0.25, -0.2) is 0 Å². The molecule has 3 aliphatic rings. The van der Waals surface area contributed by atoms with Gasteiger partial charge in [-0.1, -0.05) is 182 Å². The topological polar surface area (TPSA) is 21.3 Å². The first-order chi connectivity index (χ1) is 34.2. The monoisotopic (exact) mass is 882 g/mol. The van der Waals surface area contributed by atoms with Crippen LogP contribution in [0.1, 0.15) is 34.9 Å². The van der Waals surface area contributed by atoms with E-state index in [-0.39, 0.29) is 12.0 Å². The fraction of sp³-hybridized carbons (Fsp3) is 0.0606. The van der Waals surface area contributed by atoms with Gasteiger partial charge in [0.05, 0.1) is 22.8 Å². The molecule has 3 nitrogen and oxygen atoms in total. The van der Waals surface area contributed by atoms with Crippen LogP contribution in [0.2, 0.25) is 0 Å². The van der Waals surface area contributed by atoms with Gasteiger partial charge in [-0.3, -0.25) is 0 Å². The van der Waals surface area contributed by atoms with Gasteiger partial charge in [-0.15, -0.1) is 0 Å². The lowest BCUT2D eigenvalue weighted by Crippen LogP contribution is -2.30. The minimum Gasteiger partial charge on any atom is -0.456 e. The molecule has 69 heavy (non-hydrogen) atoms. The third kappa shape index (κ3) is 6.49. The summed E-state index contributed by atoms with van der Waals surface area (Å²) in [6.07, 6.45) is 17.0. The van der Waals surface area contributed by atoms with Crippen molar-refractivity contribution in [2.45, 2.75) is 24.3 Å². The van der Waals surface area contributed by atoms with Gasteiger partial charge in [-0.05, 0) is 129 Å². The number of para-hydroxylation sites is 2. The van der Waals surface area contributed by atoms with E-state index in [2.05, 4.69) is 246 Å². The molecule has 0 bridgehead atoms. The van der Waals surface area contributed by atoms with Crippen molar-refractivity contribution in [3.05, 3.63) is 265 Å². The van der Waals surface area contributed by atoms with Crippen molar-refractivity contribution < 1.29 is 4.42 Å². The standard InChI is InChI=1S/C66H46N2O/c1-4-16-43(17-5-1)50-30-34-52(44-18-6-2-7-19-44)63(42-50)68-59-27-12-10-24-54(59)56-39-47(31-35-60(56)68)48-32-36-61-58(41-48)66-53(45-20-8-3-9-21-45)26-15-28-62(66)67(61)51-23-14-22-46(38-51)49-33-37-65-57(40-49)55-25-11-13-29-64(55)69-65/h1-18,20-42,44,62,66H,19H2. The van der Waals surface area contributed by atoms with E-state index < -0.39 is 0 Å². The first kappa shape index (κ1) is 39.5. The summed E-state index contributed by atoms with van der Waals surface area (Å²) in [5, 5.41) is 4.79. The highest BCUT2D eigenvalue weighted by atomic mass is 16.3. The van der Waals surface area contributed by atoms with Crippen LogP contribution in [0.5, 0.6) is 0 Å². The second-order valence-electron chi connectivity index (χ2n) is 18.7. The summed E-state index contributed by atoms with van der Waals surface area (Å²) in [5.74, 6) is 0.425. The summed E-state index contributed by atoms with van der Waals surface area (Å²) >= 11 is 0. The van der Waals surface area contributed by atoms with Gasteiger partial charge in [0.25, 0.3) is 0 Å². The van der Waals surface area contributed by atoms with Gasteiger partial charge < -0.3 is 13.9 Å². The first-order valence-corrected chi connectivity index (χ1v) is 24.2. The number of furan rings is 1. The number of rotatable bonds is 7. The Morgan fingerprint density at radius 1 is 0.406 bits per heavy atom. The zero-order valence-electron chi connectivity index (χ0n) is 37.9. The molecule has 3 heterocycles. The zero-order valence-corrected chi connectivity index (χ0v) is 37.9. The molecule has 1 aliphatic heterocycles. The third-order valence-corrected chi connectivity index (χ3v) is 14.9. The fourth-order valence-electron chi connectivity index (χ4n) is 11.7. The highest BCUT2D eigenvalue weighted by Crippen LogP contribution is 2.54. The molecular weight excluding hydrogens is 837 g/mol. The zero-order chi connectivity index (χ0) is 45.4. The minimum absolute atomic E-state index is 0.0989. The van der Waals surface area contributed by atoms with Crippen LogP contribution in [0.4, 0.5) is 11.4 Å². The van der Waals surface area contributed by atoms with E-state index in [1.807, 2.05) is 12.1 Å². The Morgan fingerprint density at radius 2 is 1.07 bits per heavy atom. The Balaban J connectivity index is 0.904. The average molecular weight is 883 g/mol. The molecular formula is C66H46N2O. The molecule has 0 amide bonds. The fourth-order valence-corrected chi connectivity index (χ4v) is 11.7. The van der Waals surface area contributed by atoms with Gasteiger partial charge in [0.1, 0.15) is 11.2 Å². The summed E-state index contributed by atoms with van der Waals surface area (Å²) < 4.78 is 8.73. The maximum atomic E-state index is 6.21. The summed E-state index contributed by atoms with van der Waals surface area (Å²) in [5.41, 5.74) is 20.4. The molecule has 0 spiro atoms. The molecule has 3 unspecified atom stereocenters. The predicted octanol–water partition coefficient (Wildman–Crippen LogP) is 17.5. The number of aromatic nitrogens is 1. The van der Waals surface area contributed by atoms with E-state index >= 15 is 0 Å². The van der Waals surface area contributed by atoms with E-state index in [1.54, 1.807) is 0 Å². The van der Waals surface area contributed by atoms with E-state index in [9.17, 15) is 0 Å². The highest BCUT2D eigenvalue weighted by Gasteiger charge is 2.41.